The van der Waals surface area contributed by atoms with Crippen molar-refractivity contribution in [1.82, 2.24) is 0 Å². The molecule has 1 fully saturated rings. The zero-order chi connectivity index (χ0) is 9.57. The van der Waals surface area contributed by atoms with Crippen molar-refractivity contribution in [3.63, 3.8) is 0 Å². The van der Waals surface area contributed by atoms with E-state index in [4.69, 9.17) is 14.2 Å². The fourth-order valence-electron chi connectivity index (χ4n) is 1.42. The molecule has 0 aliphatic carbocycles. The van der Waals surface area contributed by atoms with Crippen molar-refractivity contribution in [2.75, 3.05) is 19.8 Å². The molecule has 1 heterocycles. The van der Waals surface area contributed by atoms with Crippen molar-refractivity contribution in [3.05, 3.63) is 12.7 Å². The van der Waals surface area contributed by atoms with Gasteiger partial charge in [0.25, 0.3) is 5.97 Å². The van der Waals surface area contributed by atoms with E-state index in [1.807, 2.05) is 13.0 Å². The van der Waals surface area contributed by atoms with E-state index in [0.29, 0.717) is 19.8 Å². The maximum Gasteiger partial charge on any atom is 0.283 e. The molecule has 0 saturated carbocycles. The summed E-state index contributed by atoms with van der Waals surface area (Å²) >= 11 is 0. The van der Waals surface area contributed by atoms with Crippen molar-refractivity contribution in [2.24, 2.45) is 0 Å². The minimum atomic E-state index is -0.752. The molecule has 0 bridgehead atoms. The Morgan fingerprint density at radius 1 is 1.46 bits per heavy atom. The van der Waals surface area contributed by atoms with Crippen LogP contribution in [0, 0.1) is 0 Å². The van der Waals surface area contributed by atoms with E-state index in [1.165, 1.54) is 0 Å². The zero-order valence-corrected chi connectivity index (χ0v) is 8.25. The molecule has 3 heteroatoms. The van der Waals surface area contributed by atoms with Crippen LogP contribution in [-0.4, -0.2) is 25.8 Å². The molecular formula is C10H18O3. The van der Waals surface area contributed by atoms with E-state index in [-0.39, 0.29) is 0 Å². The Hall–Kier alpha value is -0.380. The van der Waals surface area contributed by atoms with E-state index in [0.717, 1.165) is 19.3 Å². The maximum absolute atomic E-state index is 5.46. The number of hydrogen-bond donors (Lipinski definition) is 0. The fraction of sp³-hybridized carbons (Fsp3) is 0.800. The highest BCUT2D eigenvalue weighted by atomic mass is 16.9. The monoisotopic (exact) mass is 186 g/mol. The summed E-state index contributed by atoms with van der Waals surface area (Å²) in [6.07, 6.45) is 4.65. The van der Waals surface area contributed by atoms with Crippen LogP contribution < -0.4 is 0 Å². The Bertz CT molecular complexity index is 150. The van der Waals surface area contributed by atoms with Gasteiger partial charge in [0.05, 0.1) is 13.2 Å². The van der Waals surface area contributed by atoms with Crippen LogP contribution in [0.4, 0.5) is 0 Å². The normalized spacial score (nSPS) is 20.4. The summed E-state index contributed by atoms with van der Waals surface area (Å²) in [6.45, 7) is 7.50. The van der Waals surface area contributed by atoms with Gasteiger partial charge in [0, 0.05) is 13.0 Å². The van der Waals surface area contributed by atoms with Gasteiger partial charge in [-0.25, -0.2) is 0 Å². The first-order chi connectivity index (χ1) is 6.33. The minimum Gasteiger partial charge on any atom is -0.328 e. The first kappa shape index (κ1) is 10.7. The van der Waals surface area contributed by atoms with Crippen LogP contribution in [0.2, 0.25) is 0 Å². The first-order valence-corrected chi connectivity index (χ1v) is 4.86. The lowest BCUT2D eigenvalue weighted by molar-refractivity contribution is -0.332. The molecule has 1 rings (SSSR count). The number of hydrogen-bond acceptors (Lipinski definition) is 3. The van der Waals surface area contributed by atoms with Crippen molar-refractivity contribution < 1.29 is 14.2 Å². The molecule has 1 aliphatic heterocycles. The lowest BCUT2D eigenvalue weighted by Crippen LogP contribution is -2.33. The van der Waals surface area contributed by atoms with Gasteiger partial charge in [-0.1, -0.05) is 6.08 Å². The molecule has 0 N–H and O–H groups in total. The van der Waals surface area contributed by atoms with Gasteiger partial charge in [0.15, 0.2) is 0 Å². The third-order valence-corrected chi connectivity index (χ3v) is 1.98. The molecule has 3 nitrogen and oxygen atoms in total. The Morgan fingerprint density at radius 2 is 2.15 bits per heavy atom. The molecule has 0 spiro atoms. The second kappa shape index (κ2) is 5.37. The van der Waals surface area contributed by atoms with E-state index in [1.54, 1.807) is 0 Å². The highest BCUT2D eigenvalue weighted by Crippen LogP contribution is 2.26. The van der Waals surface area contributed by atoms with Crippen LogP contribution >= 0.6 is 0 Å². The van der Waals surface area contributed by atoms with Crippen LogP contribution in [0.1, 0.15) is 26.2 Å². The summed E-state index contributed by atoms with van der Waals surface area (Å²) in [7, 11) is 0. The third-order valence-electron chi connectivity index (χ3n) is 1.98. The Balaban J connectivity index is 2.32. The van der Waals surface area contributed by atoms with E-state index < -0.39 is 5.97 Å². The van der Waals surface area contributed by atoms with Crippen molar-refractivity contribution in [1.29, 1.82) is 0 Å². The Kier molecular flexibility index (Phi) is 4.42. The summed E-state index contributed by atoms with van der Waals surface area (Å²) in [6, 6.07) is 0. The molecule has 13 heavy (non-hydrogen) atoms. The number of unbranched alkanes of at least 4 members (excludes halogenated alkanes) is 1. The third kappa shape index (κ3) is 3.10. The van der Waals surface area contributed by atoms with Gasteiger partial charge >= 0.3 is 0 Å². The molecule has 0 unspecified atom stereocenters. The predicted molar refractivity (Wildman–Crippen MR) is 50.3 cm³/mol. The quantitative estimate of drug-likeness (QED) is 0.469. The summed E-state index contributed by atoms with van der Waals surface area (Å²) < 4.78 is 16.4. The molecule has 0 atom stereocenters. The minimum absolute atomic E-state index is 0.619. The summed E-state index contributed by atoms with van der Waals surface area (Å²) in [4.78, 5) is 0. The summed E-state index contributed by atoms with van der Waals surface area (Å²) in [5.74, 6) is -0.752. The van der Waals surface area contributed by atoms with E-state index in [9.17, 15) is 0 Å². The molecule has 0 aromatic heterocycles. The lowest BCUT2D eigenvalue weighted by atomic mass is 10.2. The average Bonchev–Trinajstić information content (AvgIpc) is 2.55. The van der Waals surface area contributed by atoms with Crippen LogP contribution in [0.3, 0.4) is 0 Å². The van der Waals surface area contributed by atoms with Gasteiger partial charge < -0.3 is 14.2 Å². The predicted octanol–water partition coefficient (Wildman–Crippen LogP) is 2.08. The second-order valence-electron chi connectivity index (χ2n) is 2.99. The van der Waals surface area contributed by atoms with Gasteiger partial charge in [-0.15, -0.1) is 6.58 Å². The molecule has 1 aliphatic rings. The fourth-order valence-corrected chi connectivity index (χ4v) is 1.42. The topological polar surface area (TPSA) is 27.7 Å². The molecule has 0 radical (unpaired) electrons. The van der Waals surface area contributed by atoms with Crippen molar-refractivity contribution in [2.45, 2.75) is 32.2 Å². The van der Waals surface area contributed by atoms with E-state index in [2.05, 4.69) is 6.58 Å². The largest absolute Gasteiger partial charge is 0.328 e. The highest BCUT2D eigenvalue weighted by molar-refractivity contribution is 4.70. The second-order valence-corrected chi connectivity index (χ2v) is 2.99. The molecule has 0 amide bonds. The van der Waals surface area contributed by atoms with E-state index >= 15 is 0 Å². The van der Waals surface area contributed by atoms with Crippen LogP contribution in [-0.2, 0) is 14.2 Å². The van der Waals surface area contributed by atoms with Gasteiger partial charge in [0.1, 0.15) is 0 Å². The maximum atomic E-state index is 5.46. The number of ether oxygens (including phenoxy) is 3. The Morgan fingerprint density at radius 3 is 2.69 bits per heavy atom. The molecule has 1 saturated heterocycles. The van der Waals surface area contributed by atoms with Gasteiger partial charge in [-0.3, -0.25) is 0 Å². The molecular weight excluding hydrogens is 168 g/mol. The SMILES string of the molecule is C=CCCCC1(OCC)OCCO1. The van der Waals surface area contributed by atoms with Crippen LogP contribution in [0.5, 0.6) is 0 Å². The van der Waals surface area contributed by atoms with Gasteiger partial charge in [0.2, 0.25) is 0 Å². The van der Waals surface area contributed by atoms with Gasteiger partial charge in [-0.05, 0) is 19.8 Å². The molecule has 0 aromatic carbocycles. The lowest BCUT2D eigenvalue weighted by Gasteiger charge is -2.26. The summed E-state index contributed by atoms with van der Waals surface area (Å²) in [5, 5.41) is 0. The molecule has 76 valence electrons. The van der Waals surface area contributed by atoms with Gasteiger partial charge in [-0.2, -0.15) is 0 Å². The highest BCUT2D eigenvalue weighted by Gasteiger charge is 2.36. The van der Waals surface area contributed by atoms with Crippen molar-refractivity contribution in [3.8, 4) is 0 Å². The number of rotatable bonds is 6. The van der Waals surface area contributed by atoms with Crippen molar-refractivity contribution >= 4 is 0 Å². The molecule has 0 aromatic rings. The smallest absolute Gasteiger partial charge is 0.283 e. The zero-order valence-electron chi connectivity index (χ0n) is 8.25. The van der Waals surface area contributed by atoms with Crippen LogP contribution in [0.15, 0.2) is 12.7 Å². The first-order valence-electron chi connectivity index (χ1n) is 4.86. The standard InChI is InChI=1S/C10H18O3/c1-3-5-6-7-10(11-4-2)12-8-9-13-10/h3H,1,4-9H2,2H3. The number of allylic oxidation sites excluding steroid dienone is 1. The Labute approximate surface area is 79.7 Å². The summed E-state index contributed by atoms with van der Waals surface area (Å²) in [5.41, 5.74) is 0. The average molecular weight is 186 g/mol. The van der Waals surface area contributed by atoms with Crippen LogP contribution in [0.25, 0.3) is 0 Å².